The molecule has 0 aliphatic carbocycles. The van der Waals surface area contributed by atoms with Gasteiger partial charge in [-0.15, -0.1) is 13.2 Å². The molecular formula is C14H20N4O. The monoisotopic (exact) mass is 260 g/mol. The fraction of sp³-hybridized carbons (Fsp3) is 0.286. The Morgan fingerprint density at radius 1 is 1.47 bits per heavy atom. The quantitative estimate of drug-likeness (QED) is 0.730. The Morgan fingerprint density at radius 3 is 2.53 bits per heavy atom. The number of rotatable bonds is 7. The summed E-state index contributed by atoms with van der Waals surface area (Å²) in [5.74, 6) is 0.234. The Labute approximate surface area is 113 Å². The van der Waals surface area contributed by atoms with Gasteiger partial charge in [-0.05, 0) is 19.1 Å². The van der Waals surface area contributed by atoms with Gasteiger partial charge in [0.2, 0.25) is 5.91 Å². The number of carbonyl (C=O) groups excluding carboxylic acids is 1. The second-order valence-electron chi connectivity index (χ2n) is 4.16. The Kier molecular flexibility index (Phi) is 5.75. The number of amides is 1. The first-order valence-electron chi connectivity index (χ1n) is 6.07. The van der Waals surface area contributed by atoms with Crippen LogP contribution in [0.2, 0.25) is 0 Å². The van der Waals surface area contributed by atoms with Crippen LogP contribution in [0.3, 0.4) is 0 Å². The normalized spacial score (nSPS) is 11.5. The summed E-state index contributed by atoms with van der Waals surface area (Å²) in [5, 5.41) is 2.64. The fourth-order valence-electron chi connectivity index (χ4n) is 1.48. The summed E-state index contributed by atoms with van der Waals surface area (Å²) in [7, 11) is 0. The van der Waals surface area contributed by atoms with Crippen molar-refractivity contribution < 1.29 is 4.79 Å². The van der Waals surface area contributed by atoms with Crippen LogP contribution in [-0.4, -0.2) is 30.0 Å². The van der Waals surface area contributed by atoms with Gasteiger partial charge in [0.1, 0.15) is 5.82 Å². The van der Waals surface area contributed by atoms with E-state index in [0.717, 1.165) is 5.69 Å². The largest absolute Gasteiger partial charge is 0.363 e. The average Bonchev–Trinajstić information content (AvgIpc) is 2.39. The van der Waals surface area contributed by atoms with Gasteiger partial charge < -0.3 is 16.0 Å². The topological polar surface area (TPSA) is 71.2 Å². The molecular weight excluding hydrogens is 240 g/mol. The van der Waals surface area contributed by atoms with Crippen LogP contribution in [0, 0.1) is 0 Å². The molecule has 5 nitrogen and oxygen atoms in total. The molecule has 0 aromatic carbocycles. The van der Waals surface area contributed by atoms with Crippen LogP contribution < -0.4 is 16.0 Å². The lowest BCUT2D eigenvalue weighted by Gasteiger charge is -2.21. The van der Waals surface area contributed by atoms with E-state index in [0.29, 0.717) is 18.9 Å². The molecule has 1 heterocycles. The van der Waals surface area contributed by atoms with E-state index in [9.17, 15) is 4.79 Å². The maximum absolute atomic E-state index is 11.4. The third-order valence-electron chi connectivity index (χ3n) is 2.48. The Hall–Kier alpha value is -2.14. The maximum atomic E-state index is 11.4. The SMILES string of the molecule is C=CCN(CC=C)c1ccc(NC(=O)C(C)N)nc1. The number of aromatic nitrogens is 1. The van der Waals surface area contributed by atoms with E-state index in [4.69, 9.17) is 5.73 Å². The first-order valence-corrected chi connectivity index (χ1v) is 6.07. The lowest BCUT2D eigenvalue weighted by Crippen LogP contribution is -2.32. The minimum atomic E-state index is -0.556. The third-order valence-corrected chi connectivity index (χ3v) is 2.48. The molecule has 5 heteroatoms. The molecule has 1 atom stereocenters. The van der Waals surface area contributed by atoms with Crippen LogP contribution in [0.15, 0.2) is 43.6 Å². The van der Waals surface area contributed by atoms with Crippen molar-refractivity contribution in [3.8, 4) is 0 Å². The molecule has 102 valence electrons. The van der Waals surface area contributed by atoms with E-state index in [-0.39, 0.29) is 5.91 Å². The Morgan fingerprint density at radius 2 is 2.11 bits per heavy atom. The summed E-state index contributed by atoms with van der Waals surface area (Å²) in [6, 6.07) is 3.07. The smallest absolute Gasteiger partial charge is 0.242 e. The molecule has 0 saturated heterocycles. The van der Waals surface area contributed by atoms with Crippen molar-refractivity contribution in [1.29, 1.82) is 0 Å². The van der Waals surface area contributed by atoms with Gasteiger partial charge in [-0.25, -0.2) is 4.98 Å². The summed E-state index contributed by atoms with van der Waals surface area (Å²) >= 11 is 0. The number of carbonyl (C=O) groups is 1. The molecule has 3 N–H and O–H groups in total. The van der Waals surface area contributed by atoms with E-state index in [1.54, 1.807) is 19.2 Å². The van der Waals surface area contributed by atoms with Gasteiger partial charge in [-0.2, -0.15) is 0 Å². The second kappa shape index (κ2) is 7.33. The highest BCUT2D eigenvalue weighted by Gasteiger charge is 2.09. The van der Waals surface area contributed by atoms with Crippen molar-refractivity contribution in [3.63, 3.8) is 0 Å². The Balaban J connectivity index is 2.76. The highest BCUT2D eigenvalue weighted by molar-refractivity contribution is 5.93. The van der Waals surface area contributed by atoms with E-state index in [1.807, 2.05) is 18.2 Å². The lowest BCUT2D eigenvalue weighted by atomic mass is 10.3. The van der Waals surface area contributed by atoms with Gasteiger partial charge in [-0.1, -0.05) is 12.2 Å². The minimum absolute atomic E-state index is 0.255. The van der Waals surface area contributed by atoms with Gasteiger partial charge in [0.25, 0.3) is 0 Å². The first-order chi connectivity index (χ1) is 9.08. The van der Waals surface area contributed by atoms with Crippen LogP contribution >= 0.6 is 0 Å². The summed E-state index contributed by atoms with van der Waals surface area (Å²) in [6.45, 7) is 10.5. The van der Waals surface area contributed by atoms with Crippen molar-refractivity contribution in [3.05, 3.63) is 43.6 Å². The predicted molar refractivity (Wildman–Crippen MR) is 79.1 cm³/mol. The number of hydrogen-bond acceptors (Lipinski definition) is 4. The van der Waals surface area contributed by atoms with E-state index in [1.165, 1.54) is 0 Å². The summed E-state index contributed by atoms with van der Waals surface area (Å²) in [5.41, 5.74) is 6.41. The predicted octanol–water partition coefficient (Wildman–Crippen LogP) is 1.55. The highest BCUT2D eigenvalue weighted by atomic mass is 16.2. The fourth-order valence-corrected chi connectivity index (χ4v) is 1.48. The zero-order chi connectivity index (χ0) is 14.3. The summed E-state index contributed by atoms with van der Waals surface area (Å²) in [6.07, 6.45) is 5.33. The summed E-state index contributed by atoms with van der Waals surface area (Å²) < 4.78 is 0. The van der Waals surface area contributed by atoms with Crippen LogP contribution in [0.1, 0.15) is 6.92 Å². The second-order valence-corrected chi connectivity index (χ2v) is 4.16. The zero-order valence-electron chi connectivity index (χ0n) is 11.2. The lowest BCUT2D eigenvalue weighted by molar-refractivity contribution is -0.117. The molecule has 0 spiro atoms. The van der Waals surface area contributed by atoms with Gasteiger partial charge in [0.15, 0.2) is 0 Å². The van der Waals surface area contributed by atoms with Crippen LogP contribution in [-0.2, 0) is 4.79 Å². The number of pyridine rings is 1. The Bertz CT molecular complexity index is 429. The van der Waals surface area contributed by atoms with Crippen LogP contribution in [0.25, 0.3) is 0 Å². The van der Waals surface area contributed by atoms with E-state index in [2.05, 4.69) is 28.4 Å². The van der Waals surface area contributed by atoms with Gasteiger partial charge in [0, 0.05) is 13.1 Å². The van der Waals surface area contributed by atoms with Crippen LogP contribution in [0.5, 0.6) is 0 Å². The van der Waals surface area contributed by atoms with Gasteiger partial charge in [-0.3, -0.25) is 4.79 Å². The van der Waals surface area contributed by atoms with E-state index >= 15 is 0 Å². The molecule has 19 heavy (non-hydrogen) atoms. The number of nitrogens with two attached hydrogens (primary N) is 1. The molecule has 0 fully saturated rings. The van der Waals surface area contributed by atoms with Gasteiger partial charge in [0.05, 0.1) is 17.9 Å². The number of nitrogens with one attached hydrogen (secondary N) is 1. The number of anilines is 2. The van der Waals surface area contributed by atoms with Gasteiger partial charge >= 0.3 is 0 Å². The van der Waals surface area contributed by atoms with Crippen LogP contribution in [0.4, 0.5) is 11.5 Å². The molecule has 0 bridgehead atoms. The molecule has 1 aromatic heterocycles. The molecule has 1 aromatic rings. The molecule has 0 aliphatic heterocycles. The summed E-state index contributed by atoms with van der Waals surface area (Å²) in [4.78, 5) is 17.7. The standard InChI is InChI=1S/C14H20N4O/c1-4-8-18(9-5-2)12-6-7-13(16-10-12)17-14(19)11(3)15/h4-7,10-11H,1-2,8-9,15H2,3H3,(H,16,17,19). The zero-order valence-corrected chi connectivity index (χ0v) is 11.2. The molecule has 0 radical (unpaired) electrons. The van der Waals surface area contributed by atoms with Crippen molar-refractivity contribution in [1.82, 2.24) is 4.98 Å². The first kappa shape index (κ1) is 14.9. The maximum Gasteiger partial charge on any atom is 0.242 e. The number of nitrogens with zero attached hydrogens (tertiary/aromatic N) is 2. The molecule has 0 aliphatic rings. The van der Waals surface area contributed by atoms with Crippen molar-refractivity contribution in [2.45, 2.75) is 13.0 Å². The van der Waals surface area contributed by atoms with Crippen molar-refractivity contribution in [2.75, 3.05) is 23.3 Å². The highest BCUT2D eigenvalue weighted by Crippen LogP contribution is 2.15. The van der Waals surface area contributed by atoms with Crippen molar-refractivity contribution in [2.24, 2.45) is 5.73 Å². The minimum Gasteiger partial charge on any atom is -0.363 e. The molecule has 1 rings (SSSR count). The third kappa shape index (κ3) is 4.56. The molecule has 0 saturated carbocycles. The number of hydrogen-bond donors (Lipinski definition) is 2. The average molecular weight is 260 g/mol. The molecule has 1 unspecified atom stereocenters. The van der Waals surface area contributed by atoms with Crippen molar-refractivity contribution >= 4 is 17.4 Å². The molecule has 1 amide bonds. The van der Waals surface area contributed by atoms with E-state index < -0.39 is 6.04 Å².